The summed E-state index contributed by atoms with van der Waals surface area (Å²) in [6.07, 6.45) is 0. The first-order valence-corrected chi connectivity index (χ1v) is 9.39. The molecule has 6 heteroatoms. The topological polar surface area (TPSA) is 60.9 Å². The lowest BCUT2D eigenvalue weighted by atomic mass is 10.2. The van der Waals surface area contributed by atoms with Crippen molar-refractivity contribution in [3.8, 4) is 0 Å². The number of para-hydroxylation sites is 1. The highest BCUT2D eigenvalue weighted by Gasteiger charge is 2.44. The first-order chi connectivity index (χ1) is 13.3. The third-order valence-electron chi connectivity index (χ3n) is 4.87. The number of nitrogens with zero attached hydrogens (tertiary/aromatic N) is 3. The Morgan fingerprint density at radius 1 is 1.04 bits per heavy atom. The standard InChI is InChI=1S/C22H25N3O3/c1-15(2)24(18-8-6-5-7-9-18)20(26)14-23-21(27)17(4)25(22(23)28)19-12-10-16(3)11-13-19/h5-13,15,17H,14H2,1-4H3/t17-/m0/s1. The predicted molar refractivity (Wildman–Crippen MR) is 109 cm³/mol. The predicted octanol–water partition coefficient (Wildman–Crippen LogP) is 3.59. The van der Waals surface area contributed by atoms with Gasteiger partial charge in [0, 0.05) is 17.4 Å². The van der Waals surface area contributed by atoms with Gasteiger partial charge in [0.25, 0.3) is 5.91 Å². The molecule has 1 aliphatic rings. The van der Waals surface area contributed by atoms with Gasteiger partial charge in [-0.15, -0.1) is 0 Å². The quantitative estimate of drug-likeness (QED) is 0.746. The second-order valence-corrected chi connectivity index (χ2v) is 7.28. The van der Waals surface area contributed by atoms with Crippen LogP contribution in [0.2, 0.25) is 0 Å². The van der Waals surface area contributed by atoms with Gasteiger partial charge < -0.3 is 4.90 Å². The number of amides is 4. The van der Waals surface area contributed by atoms with Crippen LogP contribution in [-0.4, -0.2) is 41.4 Å². The monoisotopic (exact) mass is 379 g/mol. The summed E-state index contributed by atoms with van der Waals surface area (Å²) >= 11 is 0. The van der Waals surface area contributed by atoms with Crippen molar-refractivity contribution >= 4 is 29.2 Å². The Morgan fingerprint density at radius 3 is 2.21 bits per heavy atom. The van der Waals surface area contributed by atoms with Crippen molar-refractivity contribution in [2.45, 2.75) is 39.8 Å². The molecule has 146 valence electrons. The van der Waals surface area contributed by atoms with Crippen LogP contribution in [0.1, 0.15) is 26.3 Å². The Hall–Kier alpha value is -3.15. The van der Waals surface area contributed by atoms with Crippen LogP contribution in [0.5, 0.6) is 0 Å². The molecule has 0 aliphatic carbocycles. The van der Waals surface area contributed by atoms with Gasteiger partial charge in [-0.2, -0.15) is 0 Å². The number of imide groups is 1. The van der Waals surface area contributed by atoms with Crippen molar-refractivity contribution in [1.82, 2.24) is 4.90 Å². The number of carbonyl (C=O) groups is 3. The van der Waals surface area contributed by atoms with Crippen LogP contribution in [-0.2, 0) is 9.59 Å². The molecule has 1 saturated heterocycles. The van der Waals surface area contributed by atoms with Crippen LogP contribution < -0.4 is 9.80 Å². The molecule has 0 aromatic heterocycles. The highest BCUT2D eigenvalue weighted by Crippen LogP contribution is 2.26. The Labute approximate surface area is 165 Å². The van der Waals surface area contributed by atoms with Crippen LogP contribution in [0, 0.1) is 6.92 Å². The second kappa shape index (κ2) is 7.84. The molecule has 1 heterocycles. The van der Waals surface area contributed by atoms with E-state index in [0.717, 1.165) is 16.2 Å². The third-order valence-corrected chi connectivity index (χ3v) is 4.87. The number of rotatable bonds is 5. The lowest BCUT2D eigenvalue weighted by Crippen LogP contribution is -2.46. The van der Waals surface area contributed by atoms with Crippen molar-refractivity contribution in [1.29, 1.82) is 0 Å². The largest absolute Gasteiger partial charge is 0.332 e. The molecule has 2 aromatic rings. The van der Waals surface area contributed by atoms with E-state index >= 15 is 0 Å². The molecule has 4 amide bonds. The van der Waals surface area contributed by atoms with Crippen LogP contribution in [0.25, 0.3) is 0 Å². The van der Waals surface area contributed by atoms with E-state index in [1.54, 1.807) is 11.8 Å². The van der Waals surface area contributed by atoms with Crippen LogP contribution in [0.4, 0.5) is 16.2 Å². The molecule has 2 aromatic carbocycles. The smallest absolute Gasteiger partial charge is 0.308 e. The maximum atomic E-state index is 13.0. The molecule has 3 rings (SSSR count). The van der Waals surface area contributed by atoms with Gasteiger partial charge in [-0.05, 0) is 52.0 Å². The third kappa shape index (κ3) is 3.63. The summed E-state index contributed by atoms with van der Waals surface area (Å²) in [5, 5.41) is 0. The Morgan fingerprint density at radius 2 is 1.64 bits per heavy atom. The van der Waals surface area contributed by atoms with Crippen molar-refractivity contribution in [2.75, 3.05) is 16.3 Å². The first-order valence-electron chi connectivity index (χ1n) is 9.39. The van der Waals surface area contributed by atoms with E-state index in [2.05, 4.69) is 0 Å². The molecule has 0 saturated carbocycles. The Bertz CT molecular complexity index is 878. The zero-order valence-electron chi connectivity index (χ0n) is 16.6. The summed E-state index contributed by atoms with van der Waals surface area (Å²) in [7, 11) is 0. The summed E-state index contributed by atoms with van der Waals surface area (Å²) in [6.45, 7) is 7.16. The first kappa shape index (κ1) is 19.6. The van der Waals surface area contributed by atoms with Crippen molar-refractivity contribution in [3.63, 3.8) is 0 Å². The minimum absolute atomic E-state index is 0.103. The molecule has 0 N–H and O–H groups in total. The number of anilines is 2. The number of aryl methyl sites for hydroxylation is 1. The molecule has 0 unspecified atom stereocenters. The average Bonchev–Trinajstić information content (AvgIpc) is 2.87. The summed E-state index contributed by atoms with van der Waals surface area (Å²) in [5.41, 5.74) is 2.46. The van der Waals surface area contributed by atoms with Crippen LogP contribution in [0.15, 0.2) is 54.6 Å². The molecule has 0 spiro atoms. The summed E-state index contributed by atoms with van der Waals surface area (Å²) < 4.78 is 0. The highest BCUT2D eigenvalue weighted by molar-refractivity contribution is 6.16. The van der Waals surface area contributed by atoms with E-state index in [0.29, 0.717) is 5.69 Å². The van der Waals surface area contributed by atoms with Gasteiger partial charge in [0.2, 0.25) is 5.91 Å². The SMILES string of the molecule is Cc1ccc(N2C(=O)N(CC(=O)N(c3ccccc3)C(C)C)C(=O)[C@@H]2C)cc1. The fraction of sp³-hybridized carbons (Fsp3) is 0.318. The fourth-order valence-electron chi connectivity index (χ4n) is 3.44. The van der Waals surface area contributed by atoms with Crippen molar-refractivity contribution in [2.24, 2.45) is 0 Å². The average molecular weight is 379 g/mol. The summed E-state index contributed by atoms with van der Waals surface area (Å²) in [5.74, 6) is -0.656. The molecule has 1 fully saturated rings. The lowest BCUT2D eigenvalue weighted by molar-refractivity contribution is -0.131. The zero-order valence-corrected chi connectivity index (χ0v) is 16.6. The van der Waals surface area contributed by atoms with E-state index in [1.807, 2.05) is 75.4 Å². The van der Waals surface area contributed by atoms with Gasteiger partial charge in [0.1, 0.15) is 12.6 Å². The molecule has 1 aliphatic heterocycles. The van der Waals surface area contributed by atoms with Gasteiger partial charge in [0.05, 0.1) is 0 Å². The molecular formula is C22H25N3O3. The van der Waals surface area contributed by atoms with E-state index in [1.165, 1.54) is 4.90 Å². The minimum Gasteiger partial charge on any atom is -0.308 e. The molecule has 1 atom stereocenters. The van der Waals surface area contributed by atoms with Gasteiger partial charge in [0.15, 0.2) is 0 Å². The molecule has 6 nitrogen and oxygen atoms in total. The maximum Gasteiger partial charge on any atom is 0.332 e. The Kier molecular flexibility index (Phi) is 5.49. The number of carbonyl (C=O) groups excluding carboxylic acids is 3. The van der Waals surface area contributed by atoms with E-state index in [4.69, 9.17) is 0 Å². The van der Waals surface area contributed by atoms with E-state index < -0.39 is 12.1 Å². The zero-order chi connectivity index (χ0) is 20.4. The van der Waals surface area contributed by atoms with Gasteiger partial charge in [-0.1, -0.05) is 35.9 Å². The normalized spacial score (nSPS) is 16.8. The van der Waals surface area contributed by atoms with Gasteiger partial charge in [-0.25, -0.2) is 4.79 Å². The fourth-order valence-corrected chi connectivity index (χ4v) is 3.44. The maximum absolute atomic E-state index is 13.0. The van der Waals surface area contributed by atoms with Gasteiger partial charge in [-0.3, -0.25) is 19.4 Å². The summed E-state index contributed by atoms with van der Waals surface area (Å²) in [6, 6.07) is 15.5. The second-order valence-electron chi connectivity index (χ2n) is 7.28. The number of hydrogen-bond donors (Lipinski definition) is 0. The van der Waals surface area contributed by atoms with Crippen LogP contribution in [0.3, 0.4) is 0 Å². The molecule has 0 radical (unpaired) electrons. The molecule has 28 heavy (non-hydrogen) atoms. The number of hydrogen-bond acceptors (Lipinski definition) is 3. The number of urea groups is 1. The number of benzene rings is 2. The van der Waals surface area contributed by atoms with E-state index in [-0.39, 0.29) is 24.4 Å². The highest BCUT2D eigenvalue weighted by atomic mass is 16.2. The minimum atomic E-state index is -0.646. The molecular weight excluding hydrogens is 354 g/mol. The van der Waals surface area contributed by atoms with E-state index in [9.17, 15) is 14.4 Å². The summed E-state index contributed by atoms with van der Waals surface area (Å²) in [4.78, 5) is 42.7. The van der Waals surface area contributed by atoms with Crippen LogP contribution >= 0.6 is 0 Å². The van der Waals surface area contributed by atoms with Crippen molar-refractivity contribution in [3.05, 3.63) is 60.2 Å². The van der Waals surface area contributed by atoms with Gasteiger partial charge >= 0.3 is 6.03 Å². The molecule has 0 bridgehead atoms. The lowest BCUT2D eigenvalue weighted by Gasteiger charge is -2.28. The Balaban J connectivity index is 1.83. The van der Waals surface area contributed by atoms with Crippen molar-refractivity contribution < 1.29 is 14.4 Å².